The van der Waals surface area contributed by atoms with E-state index in [1.165, 1.54) is 6.42 Å². The Kier molecular flexibility index (Phi) is 8.42. The number of likely N-dealkylation sites (tertiary alicyclic amines) is 1. The van der Waals surface area contributed by atoms with E-state index in [4.69, 9.17) is 31.0 Å². The molecule has 7 nitrogen and oxygen atoms in total. The summed E-state index contributed by atoms with van der Waals surface area (Å²) in [5, 5.41) is 6.68. The van der Waals surface area contributed by atoms with E-state index in [0.717, 1.165) is 47.6 Å². The number of nitrogens with two attached hydrogens (primary N) is 1. The van der Waals surface area contributed by atoms with Crippen LogP contribution in [0.15, 0.2) is 12.1 Å². The first-order valence-corrected chi connectivity index (χ1v) is 14.6. The van der Waals surface area contributed by atoms with Crippen LogP contribution in [0.4, 0.5) is 0 Å². The number of rotatable bonds is 8. The van der Waals surface area contributed by atoms with Gasteiger partial charge in [0.2, 0.25) is 0 Å². The zero-order chi connectivity index (χ0) is 26.3. The molecule has 2 saturated heterocycles. The maximum Gasteiger partial charge on any atom is 0.254 e. The molecular formula is C27H41ClN2O5S. The molecule has 2 aliphatic heterocycles. The Bertz CT molecular complexity index is 989. The van der Waals surface area contributed by atoms with E-state index in [2.05, 4.69) is 12.1 Å². The standard InChI is InChI=1S/C27H41ClN2O5S/c1-26(2,36(29)32)15-21(20-13-22(28)19(14-23(20)33-5)17-7-6-8-17)18-9-11-30(12-10-18)25(31)24-16-34-27(3,4)35-24/h13-14,17-18,21,24H,6-12,15-16,29H2,1-5H3/t21-,24-,36?/m1/s1. The molecule has 9 heteroatoms. The summed E-state index contributed by atoms with van der Waals surface area (Å²) in [7, 11) is 0.216. The molecule has 0 radical (unpaired) electrons. The molecule has 0 spiro atoms. The Morgan fingerprint density at radius 2 is 1.94 bits per heavy atom. The summed E-state index contributed by atoms with van der Waals surface area (Å²) in [6.45, 7) is 9.12. The van der Waals surface area contributed by atoms with Crippen LogP contribution in [0.2, 0.25) is 5.02 Å². The van der Waals surface area contributed by atoms with Gasteiger partial charge in [0, 0.05) is 18.1 Å². The Hall–Kier alpha value is -1.19. The third-order valence-corrected chi connectivity index (χ3v) is 9.84. The number of amides is 1. The van der Waals surface area contributed by atoms with E-state index in [9.17, 15) is 9.00 Å². The van der Waals surface area contributed by atoms with Crippen LogP contribution in [0.1, 0.15) is 89.2 Å². The zero-order valence-corrected chi connectivity index (χ0v) is 23.8. The first-order chi connectivity index (χ1) is 16.9. The zero-order valence-electron chi connectivity index (χ0n) is 22.2. The van der Waals surface area contributed by atoms with Crippen molar-refractivity contribution < 1.29 is 23.2 Å². The molecule has 3 aliphatic rings. The fourth-order valence-corrected chi connectivity index (χ4v) is 6.43. The Labute approximate surface area is 222 Å². The minimum atomic E-state index is -1.48. The van der Waals surface area contributed by atoms with Gasteiger partial charge in [-0.25, -0.2) is 4.21 Å². The van der Waals surface area contributed by atoms with Crippen LogP contribution in [0, 0.1) is 5.92 Å². The fourth-order valence-electron chi connectivity index (χ4n) is 5.76. The summed E-state index contributed by atoms with van der Waals surface area (Å²) in [6.07, 6.45) is 5.28. The van der Waals surface area contributed by atoms with Gasteiger partial charge >= 0.3 is 0 Å². The lowest BCUT2D eigenvalue weighted by molar-refractivity contribution is -0.161. The fraction of sp³-hybridized carbons (Fsp3) is 0.741. The van der Waals surface area contributed by atoms with Crippen molar-refractivity contribution in [1.29, 1.82) is 0 Å². The second kappa shape index (κ2) is 10.9. The lowest BCUT2D eigenvalue weighted by atomic mass is 9.74. The lowest BCUT2D eigenvalue weighted by Crippen LogP contribution is -2.46. The number of halogens is 1. The molecule has 3 fully saturated rings. The number of carbonyl (C=O) groups is 1. The topological polar surface area (TPSA) is 91.1 Å². The number of ether oxygens (including phenoxy) is 3. The molecule has 1 aromatic carbocycles. The summed E-state index contributed by atoms with van der Waals surface area (Å²) in [6, 6.07) is 4.18. The summed E-state index contributed by atoms with van der Waals surface area (Å²) in [4.78, 5) is 14.9. The highest BCUT2D eigenvalue weighted by molar-refractivity contribution is 7.84. The van der Waals surface area contributed by atoms with Crippen LogP contribution in [0.3, 0.4) is 0 Å². The molecular weight excluding hydrogens is 500 g/mol. The third kappa shape index (κ3) is 5.93. The van der Waals surface area contributed by atoms with Crippen LogP contribution in [-0.4, -0.2) is 58.5 Å². The van der Waals surface area contributed by atoms with Crippen molar-refractivity contribution in [2.75, 3.05) is 26.8 Å². The summed E-state index contributed by atoms with van der Waals surface area (Å²) in [5.74, 6) is 0.917. The van der Waals surface area contributed by atoms with Crippen molar-refractivity contribution >= 4 is 28.5 Å². The highest BCUT2D eigenvalue weighted by Gasteiger charge is 2.41. The van der Waals surface area contributed by atoms with Gasteiger partial charge in [-0.15, -0.1) is 0 Å². The van der Waals surface area contributed by atoms with Crippen molar-refractivity contribution in [2.24, 2.45) is 11.1 Å². The first-order valence-electron chi connectivity index (χ1n) is 13.1. The minimum Gasteiger partial charge on any atom is -0.496 e. The van der Waals surface area contributed by atoms with Gasteiger partial charge in [-0.2, -0.15) is 0 Å². The second-order valence-corrected chi connectivity index (χ2v) is 13.7. The number of methoxy groups -OCH3 is 1. The van der Waals surface area contributed by atoms with Crippen molar-refractivity contribution in [3.8, 4) is 5.75 Å². The number of piperidine rings is 1. The van der Waals surface area contributed by atoms with E-state index in [0.29, 0.717) is 25.4 Å². The van der Waals surface area contributed by atoms with Crippen molar-refractivity contribution in [3.63, 3.8) is 0 Å². The maximum atomic E-state index is 13.1. The molecule has 1 unspecified atom stereocenters. The molecule has 4 rings (SSSR count). The highest BCUT2D eigenvalue weighted by Crippen LogP contribution is 2.47. The monoisotopic (exact) mass is 540 g/mol. The molecule has 1 amide bonds. The van der Waals surface area contributed by atoms with Gasteiger partial charge in [-0.05, 0) is 101 Å². The smallest absolute Gasteiger partial charge is 0.254 e. The van der Waals surface area contributed by atoms with Gasteiger partial charge in [0.15, 0.2) is 11.9 Å². The number of hydrogen-bond donors (Lipinski definition) is 1. The molecule has 202 valence electrons. The van der Waals surface area contributed by atoms with Gasteiger partial charge in [-0.3, -0.25) is 9.93 Å². The van der Waals surface area contributed by atoms with Crippen LogP contribution in [-0.2, 0) is 25.3 Å². The van der Waals surface area contributed by atoms with Crippen LogP contribution in [0.25, 0.3) is 0 Å². The number of hydrogen-bond acceptors (Lipinski definition) is 5. The highest BCUT2D eigenvalue weighted by atomic mass is 35.5. The predicted octanol–water partition coefficient (Wildman–Crippen LogP) is 4.88. The van der Waals surface area contributed by atoms with E-state index < -0.39 is 27.6 Å². The number of nitrogens with zero attached hydrogens (tertiary/aromatic N) is 1. The number of carbonyl (C=O) groups excluding carboxylic acids is 1. The molecule has 0 bridgehead atoms. The van der Waals surface area contributed by atoms with Crippen LogP contribution < -0.4 is 9.88 Å². The molecule has 0 aromatic heterocycles. The summed E-state index contributed by atoms with van der Waals surface area (Å²) >= 11 is 6.82. The van der Waals surface area contributed by atoms with E-state index in [1.807, 2.05) is 32.6 Å². The van der Waals surface area contributed by atoms with E-state index in [-0.39, 0.29) is 24.3 Å². The second-order valence-electron chi connectivity index (χ2n) is 11.6. The molecule has 3 atom stereocenters. The van der Waals surface area contributed by atoms with Gasteiger partial charge in [0.05, 0.1) is 29.4 Å². The van der Waals surface area contributed by atoms with Gasteiger partial charge in [0.1, 0.15) is 5.75 Å². The van der Waals surface area contributed by atoms with Crippen molar-refractivity contribution in [3.05, 3.63) is 28.3 Å². The Morgan fingerprint density at radius 3 is 2.44 bits per heavy atom. The largest absolute Gasteiger partial charge is 0.496 e. The minimum absolute atomic E-state index is 0.00977. The number of benzene rings is 1. The lowest BCUT2D eigenvalue weighted by Gasteiger charge is -2.40. The van der Waals surface area contributed by atoms with E-state index >= 15 is 0 Å². The SMILES string of the molecule is COc1cc(C2CCC2)c(Cl)cc1[C@H](CC(C)(C)S(N)=O)C1CCN(C(=O)[C@H]2COC(C)(C)O2)CC1. The van der Waals surface area contributed by atoms with E-state index in [1.54, 1.807) is 7.11 Å². The third-order valence-electron chi connectivity index (χ3n) is 8.25. The molecule has 1 aliphatic carbocycles. The average Bonchev–Trinajstić information content (AvgIpc) is 3.16. The summed E-state index contributed by atoms with van der Waals surface area (Å²) < 4.78 is 29.1. The first kappa shape index (κ1) is 27.8. The van der Waals surface area contributed by atoms with Gasteiger partial charge < -0.3 is 19.1 Å². The average molecular weight is 541 g/mol. The van der Waals surface area contributed by atoms with Crippen LogP contribution in [0.5, 0.6) is 5.75 Å². The normalized spacial score (nSPS) is 24.9. The van der Waals surface area contributed by atoms with Gasteiger partial charge in [0.25, 0.3) is 5.91 Å². The predicted molar refractivity (Wildman–Crippen MR) is 143 cm³/mol. The molecule has 2 N–H and O–H groups in total. The Morgan fingerprint density at radius 1 is 1.28 bits per heavy atom. The molecule has 36 heavy (non-hydrogen) atoms. The maximum absolute atomic E-state index is 13.1. The van der Waals surface area contributed by atoms with Gasteiger partial charge in [-0.1, -0.05) is 18.0 Å². The molecule has 1 aromatic rings. The molecule has 1 saturated carbocycles. The quantitative estimate of drug-likeness (QED) is 0.507. The van der Waals surface area contributed by atoms with Crippen LogP contribution >= 0.6 is 11.6 Å². The van der Waals surface area contributed by atoms with Crippen molar-refractivity contribution in [1.82, 2.24) is 4.90 Å². The van der Waals surface area contributed by atoms with Crippen molar-refractivity contribution in [2.45, 2.75) is 94.7 Å². The summed E-state index contributed by atoms with van der Waals surface area (Å²) in [5.41, 5.74) is 2.20. The Balaban J connectivity index is 1.56. The molecule has 2 heterocycles.